The second-order valence-corrected chi connectivity index (χ2v) is 5.44. The molecule has 0 saturated carbocycles. The first-order chi connectivity index (χ1) is 11.5. The molecule has 2 N–H and O–H groups in total. The number of carbonyl (C=O) groups is 2. The average molecular weight is 330 g/mol. The van der Waals surface area contributed by atoms with Crippen molar-refractivity contribution in [3.8, 4) is 0 Å². The molecule has 24 heavy (non-hydrogen) atoms. The number of anilines is 1. The summed E-state index contributed by atoms with van der Waals surface area (Å²) >= 11 is 0. The molecule has 0 aliphatic heterocycles. The van der Waals surface area contributed by atoms with Crippen molar-refractivity contribution in [1.82, 2.24) is 15.0 Å². The molecule has 0 fully saturated rings. The first kappa shape index (κ1) is 17.7. The van der Waals surface area contributed by atoms with Gasteiger partial charge in [0.1, 0.15) is 5.82 Å². The predicted molar refractivity (Wildman–Crippen MR) is 90.1 cm³/mol. The summed E-state index contributed by atoms with van der Waals surface area (Å²) < 4.78 is 5.02. The molecular formula is C17H22N4O3. The Hall–Kier alpha value is -2.70. The van der Waals surface area contributed by atoms with E-state index in [1.165, 1.54) is 6.20 Å². The summed E-state index contributed by atoms with van der Waals surface area (Å²) in [4.78, 5) is 35.7. The molecule has 7 heteroatoms. The number of hydrogen-bond acceptors (Lipinski definition) is 5. The molecule has 128 valence electrons. The van der Waals surface area contributed by atoms with E-state index in [9.17, 15) is 9.59 Å². The third-order valence-electron chi connectivity index (χ3n) is 3.37. The molecule has 0 atom stereocenters. The summed E-state index contributed by atoms with van der Waals surface area (Å²) in [5, 5.41) is 2.67. The van der Waals surface area contributed by atoms with Crippen molar-refractivity contribution in [2.24, 2.45) is 0 Å². The summed E-state index contributed by atoms with van der Waals surface area (Å²) in [6.07, 6.45) is 5.77. The molecule has 7 nitrogen and oxygen atoms in total. The van der Waals surface area contributed by atoms with E-state index in [1.54, 1.807) is 19.2 Å². The van der Waals surface area contributed by atoms with Crippen LogP contribution in [-0.4, -0.2) is 33.4 Å². The minimum atomic E-state index is -0.537. The zero-order chi connectivity index (χ0) is 17.5. The molecule has 2 heterocycles. The van der Waals surface area contributed by atoms with E-state index >= 15 is 0 Å². The highest BCUT2D eigenvalue weighted by atomic mass is 16.5. The Labute approximate surface area is 140 Å². The average Bonchev–Trinajstić information content (AvgIpc) is 2.96. The molecule has 0 aliphatic carbocycles. The van der Waals surface area contributed by atoms with Crippen LogP contribution in [0.5, 0.6) is 0 Å². The van der Waals surface area contributed by atoms with E-state index < -0.39 is 5.97 Å². The molecule has 0 saturated heterocycles. The number of pyridine rings is 1. The van der Waals surface area contributed by atoms with Crippen LogP contribution in [0.3, 0.4) is 0 Å². The van der Waals surface area contributed by atoms with Crippen LogP contribution >= 0.6 is 0 Å². The number of ether oxygens (including phenoxy) is 1. The van der Waals surface area contributed by atoms with Crippen LogP contribution in [0.15, 0.2) is 18.5 Å². The monoisotopic (exact) mass is 330 g/mol. The van der Waals surface area contributed by atoms with Gasteiger partial charge < -0.3 is 15.0 Å². The van der Waals surface area contributed by atoms with Crippen LogP contribution in [0, 0.1) is 6.92 Å². The quantitative estimate of drug-likeness (QED) is 0.761. The Bertz CT molecular complexity index is 724. The topological polar surface area (TPSA) is 97.0 Å². The summed E-state index contributed by atoms with van der Waals surface area (Å²) in [7, 11) is 0. The van der Waals surface area contributed by atoms with Crippen LogP contribution in [0.1, 0.15) is 58.9 Å². The number of aromatic nitrogens is 3. The van der Waals surface area contributed by atoms with Crippen LogP contribution in [0.25, 0.3) is 0 Å². The number of aryl methyl sites for hydroxylation is 2. The summed E-state index contributed by atoms with van der Waals surface area (Å²) in [6, 6.07) is 1.72. The minimum Gasteiger partial charge on any atom is -0.461 e. The molecule has 2 rings (SSSR count). The number of H-pyrrole nitrogens is 1. The highest BCUT2D eigenvalue weighted by Crippen LogP contribution is 2.17. The fraction of sp³-hybridized carbons (Fsp3) is 0.412. The Morgan fingerprint density at radius 3 is 2.75 bits per heavy atom. The summed E-state index contributed by atoms with van der Waals surface area (Å²) in [5.74, 6) is -0.0701. The van der Waals surface area contributed by atoms with Gasteiger partial charge >= 0.3 is 5.97 Å². The van der Waals surface area contributed by atoms with Gasteiger partial charge in [0.2, 0.25) is 0 Å². The second kappa shape index (κ2) is 8.24. The van der Waals surface area contributed by atoms with Gasteiger partial charge in [-0.3, -0.25) is 9.78 Å². The van der Waals surface area contributed by atoms with Crippen LogP contribution < -0.4 is 5.32 Å². The van der Waals surface area contributed by atoms with Crippen molar-refractivity contribution in [2.45, 2.75) is 40.0 Å². The van der Waals surface area contributed by atoms with Gasteiger partial charge in [0.15, 0.2) is 11.5 Å². The smallest absolute Gasteiger partial charge is 0.358 e. The van der Waals surface area contributed by atoms with E-state index in [2.05, 4.69) is 27.2 Å². The van der Waals surface area contributed by atoms with Crippen LogP contribution in [0.4, 0.5) is 5.82 Å². The highest BCUT2D eigenvalue weighted by Gasteiger charge is 2.20. The summed E-state index contributed by atoms with van der Waals surface area (Å²) in [5.41, 5.74) is 1.44. The first-order valence-electron chi connectivity index (χ1n) is 8.04. The van der Waals surface area contributed by atoms with Gasteiger partial charge in [-0.15, -0.1) is 0 Å². The highest BCUT2D eigenvalue weighted by molar-refractivity contribution is 6.06. The number of carbonyl (C=O) groups excluding carboxylic acids is 2. The van der Waals surface area contributed by atoms with Gasteiger partial charge in [0.05, 0.1) is 12.2 Å². The summed E-state index contributed by atoms with van der Waals surface area (Å²) in [6.45, 7) is 5.90. The predicted octanol–water partition coefficient (Wildman–Crippen LogP) is 2.88. The van der Waals surface area contributed by atoms with E-state index in [0.29, 0.717) is 17.8 Å². The Balaban J connectivity index is 2.24. The van der Waals surface area contributed by atoms with Gasteiger partial charge in [-0.25, -0.2) is 9.78 Å². The molecular weight excluding hydrogens is 308 g/mol. The number of nitrogens with one attached hydrogen (secondary N) is 2. The maximum absolute atomic E-state index is 12.4. The molecule has 1 amide bonds. The third-order valence-corrected chi connectivity index (χ3v) is 3.37. The molecule has 0 bridgehead atoms. The number of hydrogen-bond donors (Lipinski definition) is 2. The molecule has 0 aromatic carbocycles. The SMILES string of the molecule is CCCCc1nc(NC(=O)c2cncc(C)c2)c(C(=O)OCC)[nH]1. The molecule has 0 unspecified atom stereocenters. The lowest BCUT2D eigenvalue weighted by atomic mass is 10.2. The lowest BCUT2D eigenvalue weighted by Crippen LogP contribution is -2.16. The molecule has 2 aromatic heterocycles. The number of imidazole rings is 1. The van der Waals surface area contributed by atoms with E-state index in [-0.39, 0.29) is 24.0 Å². The first-order valence-corrected chi connectivity index (χ1v) is 8.04. The van der Waals surface area contributed by atoms with Crippen LogP contribution in [-0.2, 0) is 11.2 Å². The van der Waals surface area contributed by atoms with Gasteiger partial charge in [-0.05, 0) is 31.9 Å². The minimum absolute atomic E-state index is 0.164. The van der Waals surface area contributed by atoms with E-state index in [1.807, 2.05) is 6.92 Å². The number of unbranched alkanes of at least 4 members (excludes halogenated alkanes) is 1. The lowest BCUT2D eigenvalue weighted by Gasteiger charge is -2.05. The number of esters is 1. The number of amides is 1. The normalized spacial score (nSPS) is 10.5. The van der Waals surface area contributed by atoms with Crippen molar-refractivity contribution < 1.29 is 14.3 Å². The fourth-order valence-electron chi connectivity index (χ4n) is 2.19. The standard InChI is InChI=1S/C17H22N4O3/c1-4-6-7-13-19-14(17(23)24-5-2)15(20-13)21-16(22)12-8-11(3)9-18-10-12/h8-10H,4-7H2,1-3H3,(H,19,20)(H,21,22). The lowest BCUT2D eigenvalue weighted by molar-refractivity contribution is 0.0521. The third kappa shape index (κ3) is 4.41. The Morgan fingerprint density at radius 1 is 1.29 bits per heavy atom. The van der Waals surface area contributed by atoms with Gasteiger partial charge in [0, 0.05) is 18.8 Å². The van der Waals surface area contributed by atoms with Gasteiger partial charge in [-0.1, -0.05) is 13.3 Å². The second-order valence-electron chi connectivity index (χ2n) is 5.44. The maximum Gasteiger partial charge on any atom is 0.358 e. The molecule has 0 spiro atoms. The molecule has 2 aromatic rings. The van der Waals surface area contributed by atoms with Crippen molar-refractivity contribution in [1.29, 1.82) is 0 Å². The largest absolute Gasteiger partial charge is 0.461 e. The van der Waals surface area contributed by atoms with Gasteiger partial charge in [0.25, 0.3) is 5.91 Å². The molecule has 0 aliphatic rings. The van der Waals surface area contributed by atoms with Crippen LogP contribution in [0.2, 0.25) is 0 Å². The Morgan fingerprint density at radius 2 is 2.08 bits per heavy atom. The van der Waals surface area contributed by atoms with Crippen molar-refractivity contribution >= 4 is 17.7 Å². The fourth-order valence-corrected chi connectivity index (χ4v) is 2.19. The van der Waals surface area contributed by atoms with Crippen molar-refractivity contribution in [2.75, 3.05) is 11.9 Å². The van der Waals surface area contributed by atoms with Gasteiger partial charge in [-0.2, -0.15) is 0 Å². The molecule has 0 radical (unpaired) electrons. The van der Waals surface area contributed by atoms with Crippen molar-refractivity contribution in [3.05, 3.63) is 41.1 Å². The van der Waals surface area contributed by atoms with E-state index in [4.69, 9.17) is 4.74 Å². The Kier molecular flexibility index (Phi) is 6.06. The maximum atomic E-state index is 12.4. The number of nitrogens with zero attached hydrogens (tertiary/aromatic N) is 2. The van der Waals surface area contributed by atoms with E-state index in [0.717, 1.165) is 18.4 Å². The zero-order valence-electron chi connectivity index (χ0n) is 14.2. The number of rotatable bonds is 7. The zero-order valence-corrected chi connectivity index (χ0v) is 14.2. The van der Waals surface area contributed by atoms with Crippen molar-refractivity contribution in [3.63, 3.8) is 0 Å². The number of aromatic amines is 1.